The van der Waals surface area contributed by atoms with Gasteiger partial charge in [0, 0.05) is 25.6 Å². The third-order valence-corrected chi connectivity index (χ3v) is 2.78. The minimum absolute atomic E-state index is 0.144. The van der Waals surface area contributed by atoms with Gasteiger partial charge in [0.1, 0.15) is 0 Å². The molecule has 1 unspecified atom stereocenters. The minimum Gasteiger partial charge on any atom is -0.355 e. The quantitative estimate of drug-likeness (QED) is 0.606. The number of hydrogen-bond donors (Lipinski definition) is 2. The zero-order valence-electron chi connectivity index (χ0n) is 11.9. The van der Waals surface area contributed by atoms with Gasteiger partial charge in [-0.15, -0.1) is 0 Å². The fourth-order valence-corrected chi connectivity index (χ4v) is 1.87. The van der Waals surface area contributed by atoms with E-state index < -0.39 is 0 Å². The number of hydrogen-bond acceptors (Lipinski definition) is 3. The Kier molecular flexibility index (Phi) is 10.2. The SMILES string of the molecule is CCCN(CC)CCNC(=O)CC(C)NCC. The van der Waals surface area contributed by atoms with Gasteiger partial charge in [-0.1, -0.05) is 20.8 Å². The lowest BCUT2D eigenvalue weighted by Crippen LogP contribution is -2.38. The molecule has 0 saturated carbocycles. The van der Waals surface area contributed by atoms with Crippen LogP contribution >= 0.6 is 0 Å². The highest BCUT2D eigenvalue weighted by molar-refractivity contribution is 5.76. The molecule has 0 spiro atoms. The number of nitrogens with zero attached hydrogens (tertiary/aromatic N) is 1. The topological polar surface area (TPSA) is 44.4 Å². The van der Waals surface area contributed by atoms with E-state index in [4.69, 9.17) is 0 Å². The lowest BCUT2D eigenvalue weighted by Gasteiger charge is -2.20. The normalized spacial score (nSPS) is 12.8. The first-order chi connectivity index (χ1) is 8.13. The zero-order valence-corrected chi connectivity index (χ0v) is 11.9. The van der Waals surface area contributed by atoms with Crippen LogP contribution in [0.2, 0.25) is 0 Å². The summed E-state index contributed by atoms with van der Waals surface area (Å²) in [7, 11) is 0. The van der Waals surface area contributed by atoms with Crippen molar-refractivity contribution in [2.45, 2.75) is 46.6 Å². The summed E-state index contributed by atoms with van der Waals surface area (Å²) in [5, 5.41) is 6.21. The molecule has 0 rings (SSSR count). The molecule has 1 amide bonds. The fraction of sp³-hybridized carbons (Fsp3) is 0.923. The van der Waals surface area contributed by atoms with Gasteiger partial charge in [0.05, 0.1) is 0 Å². The van der Waals surface area contributed by atoms with E-state index in [-0.39, 0.29) is 11.9 Å². The lowest BCUT2D eigenvalue weighted by molar-refractivity contribution is -0.121. The van der Waals surface area contributed by atoms with Crippen molar-refractivity contribution in [2.24, 2.45) is 0 Å². The van der Waals surface area contributed by atoms with E-state index in [0.29, 0.717) is 6.42 Å². The van der Waals surface area contributed by atoms with Crippen LogP contribution in [0.25, 0.3) is 0 Å². The van der Waals surface area contributed by atoms with Crippen LogP contribution < -0.4 is 10.6 Å². The molecule has 17 heavy (non-hydrogen) atoms. The third kappa shape index (κ3) is 9.12. The van der Waals surface area contributed by atoms with Gasteiger partial charge in [-0.25, -0.2) is 0 Å². The van der Waals surface area contributed by atoms with Crippen LogP contribution in [0.4, 0.5) is 0 Å². The van der Waals surface area contributed by atoms with Crippen molar-refractivity contribution in [3.63, 3.8) is 0 Å². The summed E-state index contributed by atoms with van der Waals surface area (Å²) < 4.78 is 0. The first kappa shape index (κ1) is 16.4. The van der Waals surface area contributed by atoms with Gasteiger partial charge in [-0.2, -0.15) is 0 Å². The van der Waals surface area contributed by atoms with Crippen LogP contribution in [-0.2, 0) is 4.79 Å². The second-order valence-corrected chi connectivity index (χ2v) is 4.45. The molecule has 0 aliphatic rings. The van der Waals surface area contributed by atoms with E-state index in [1.165, 1.54) is 6.42 Å². The highest BCUT2D eigenvalue weighted by Gasteiger charge is 2.07. The Labute approximate surface area is 106 Å². The molecule has 4 heteroatoms. The maximum Gasteiger partial charge on any atom is 0.221 e. The number of amides is 1. The Hall–Kier alpha value is -0.610. The Morgan fingerprint density at radius 2 is 1.94 bits per heavy atom. The molecular weight excluding hydrogens is 214 g/mol. The zero-order chi connectivity index (χ0) is 13.1. The summed E-state index contributed by atoms with van der Waals surface area (Å²) in [5.74, 6) is 0.144. The molecule has 0 aliphatic heterocycles. The average Bonchev–Trinajstić information content (AvgIpc) is 2.28. The molecule has 0 heterocycles. The number of carbonyl (C=O) groups is 1. The summed E-state index contributed by atoms with van der Waals surface area (Å²) in [5.41, 5.74) is 0. The first-order valence-electron chi connectivity index (χ1n) is 6.86. The van der Waals surface area contributed by atoms with Gasteiger partial charge >= 0.3 is 0 Å². The average molecular weight is 243 g/mol. The van der Waals surface area contributed by atoms with Crippen molar-refractivity contribution in [1.82, 2.24) is 15.5 Å². The highest BCUT2D eigenvalue weighted by atomic mass is 16.1. The van der Waals surface area contributed by atoms with Crippen LogP contribution in [0.3, 0.4) is 0 Å². The van der Waals surface area contributed by atoms with Crippen molar-refractivity contribution in [1.29, 1.82) is 0 Å². The summed E-state index contributed by atoms with van der Waals surface area (Å²) in [6.07, 6.45) is 1.73. The van der Waals surface area contributed by atoms with E-state index in [2.05, 4.69) is 36.3 Å². The van der Waals surface area contributed by atoms with Crippen molar-refractivity contribution >= 4 is 5.91 Å². The van der Waals surface area contributed by atoms with E-state index in [1.807, 2.05) is 6.92 Å². The maximum atomic E-state index is 11.6. The summed E-state index contributed by atoms with van der Waals surface area (Å²) in [6.45, 7) is 13.2. The minimum atomic E-state index is 0.144. The van der Waals surface area contributed by atoms with Gasteiger partial charge in [0.15, 0.2) is 0 Å². The van der Waals surface area contributed by atoms with Crippen LogP contribution in [0.1, 0.15) is 40.5 Å². The lowest BCUT2D eigenvalue weighted by atomic mass is 10.2. The van der Waals surface area contributed by atoms with Crippen LogP contribution in [0, 0.1) is 0 Å². The van der Waals surface area contributed by atoms with Gasteiger partial charge in [0.25, 0.3) is 0 Å². The van der Waals surface area contributed by atoms with E-state index in [0.717, 1.165) is 32.7 Å². The maximum absolute atomic E-state index is 11.6. The molecule has 1 atom stereocenters. The van der Waals surface area contributed by atoms with Gasteiger partial charge in [-0.05, 0) is 33.0 Å². The Bertz CT molecular complexity index is 197. The third-order valence-electron chi connectivity index (χ3n) is 2.78. The van der Waals surface area contributed by atoms with Gasteiger partial charge in [-0.3, -0.25) is 4.79 Å². The molecule has 0 bridgehead atoms. The monoisotopic (exact) mass is 243 g/mol. The summed E-state index contributed by atoms with van der Waals surface area (Å²) in [4.78, 5) is 13.9. The number of carbonyl (C=O) groups excluding carboxylic acids is 1. The number of nitrogens with one attached hydrogen (secondary N) is 2. The predicted octanol–water partition coefficient (Wildman–Crippen LogP) is 1.22. The largest absolute Gasteiger partial charge is 0.355 e. The van der Waals surface area contributed by atoms with Gasteiger partial charge in [0.2, 0.25) is 5.91 Å². The summed E-state index contributed by atoms with van der Waals surface area (Å²) >= 11 is 0. The Morgan fingerprint density at radius 1 is 1.24 bits per heavy atom. The molecule has 0 radical (unpaired) electrons. The van der Waals surface area contributed by atoms with Crippen molar-refractivity contribution < 1.29 is 4.79 Å². The van der Waals surface area contributed by atoms with Gasteiger partial charge < -0.3 is 15.5 Å². The smallest absolute Gasteiger partial charge is 0.221 e. The molecule has 0 aromatic rings. The van der Waals surface area contributed by atoms with Crippen molar-refractivity contribution in [2.75, 3.05) is 32.7 Å². The fourth-order valence-electron chi connectivity index (χ4n) is 1.87. The molecule has 2 N–H and O–H groups in total. The highest BCUT2D eigenvalue weighted by Crippen LogP contribution is 1.91. The molecule has 0 aromatic heterocycles. The molecular formula is C13H29N3O. The van der Waals surface area contributed by atoms with E-state index >= 15 is 0 Å². The van der Waals surface area contributed by atoms with Crippen molar-refractivity contribution in [3.05, 3.63) is 0 Å². The molecule has 0 fully saturated rings. The first-order valence-corrected chi connectivity index (χ1v) is 6.86. The van der Waals surface area contributed by atoms with Crippen LogP contribution in [-0.4, -0.2) is 49.6 Å². The molecule has 0 aromatic carbocycles. The second kappa shape index (κ2) is 10.5. The molecule has 0 saturated heterocycles. The van der Waals surface area contributed by atoms with E-state index in [1.54, 1.807) is 0 Å². The predicted molar refractivity (Wildman–Crippen MR) is 73.2 cm³/mol. The second-order valence-electron chi connectivity index (χ2n) is 4.45. The Morgan fingerprint density at radius 3 is 2.47 bits per heavy atom. The number of likely N-dealkylation sites (N-methyl/N-ethyl adjacent to an activating group) is 1. The molecule has 0 aliphatic carbocycles. The summed E-state index contributed by atoms with van der Waals surface area (Å²) in [6, 6.07) is 0.262. The number of rotatable bonds is 10. The van der Waals surface area contributed by atoms with Crippen LogP contribution in [0.5, 0.6) is 0 Å². The van der Waals surface area contributed by atoms with Crippen molar-refractivity contribution in [3.8, 4) is 0 Å². The Balaban J connectivity index is 3.62. The standard InChI is InChI=1S/C13H29N3O/c1-5-9-16(7-3)10-8-15-13(17)11-12(4)14-6-2/h12,14H,5-11H2,1-4H3,(H,15,17). The van der Waals surface area contributed by atoms with E-state index in [9.17, 15) is 4.79 Å². The molecule has 102 valence electrons. The van der Waals surface area contributed by atoms with Crippen LogP contribution in [0.15, 0.2) is 0 Å². The molecule has 4 nitrogen and oxygen atoms in total.